The number of hydrogen-bond donors (Lipinski definition) is 0. The van der Waals surface area contributed by atoms with E-state index < -0.39 is 6.43 Å². The molecule has 0 nitrogen and oxygen atoms in total. The van der Waals surface area contributed by atoms with Gasteiger partial charge in [0.2, 0.25) is 6.43 Å². The van der Waals surface area contributed by atoms with Crippen LogP contribution in [0.3, 0.4) is 0 Å². The predicted octanol–water partition coefficient (Wildman–Crippen LogP) is 7.10. The number of alkyl halides is 2. The van der Waals surface area contributed by atoms with Gasteiger partial charge in [0.15, 0.2) is 0 Å². The van der Waals surface area contributed by atoms with Crippen molar-refractivity contribution in [3.63, 3.8) is 0 Å². The number of fused-ring (bicyclic) bond motifs is 3. The molecule has 0 N–H and O–H groups in total. The molecule has 0 saturated heterocycles. The van der Waals surface area contributed by atoms with Gasteiger partial charge in [0.1, 0.15) is 0 Å². The van der Waals surface area contributed by atoms with E-state index in [1.54, 1.807) is 5.57 Å². The molecule has 0 aromatic heterocycles. The fourth-order valence-electron chi connectivity index (χ4n) is 7.01. The highest BCUT2D eigenvalue weighted by Gasteiger charge is 2.52. The molecule has 7 atom stereocenters. The molecule has 0 aromatic rings. The molecule has 138 valence electrons. The zero-order valence-corrected chi connectivity index (χ0v) is 16.0. The minimum Gasteiger partial charge on any atom is -0.210 e. The summed E-state index contributed by atoms with van der Waals surface area (Å²) in [5.41, 5.74) is 1.92. The summed E-state index contributed by atoms with van der Waals surface area (Å²) in [5, 5.41) is 0. The third kappa shape index (κ3) is 2.97. The van der Waals surface area contributed by atoms with Gasteiger partial charge in [-0.25, -0.2) is 8.78 Å². The zero-order valence-electron chi connectivity index (χ0n) is 16.0. The molecule has 0 radical (unpaired) electrons. The Labute approximate surface area is 147 Å². The summed E-state index contributed by atoms with van der Waals surface area (Å²) in [5.74, 6) is 3.43. The Morgan fingerprint density at radius 1 is 1.08 bits per heavy atom. The van der Waals surface area contributed by atoms with Crippen LogP contribution in [0.25, 0.3) is 0 Å². The summed E-state index contributed by atoms with van der Waals surface area (Å²) >= 11 is 0. The lowest BCUT2D eigenvalue weighted by Gasteiger charge is -2.57. The van der Waals surface area contributed by atoms with E-state index in [1.165, 1.54) is 32.1 Å². The Kier molecular flexibility index (Phi) is 5.42. The van der Waals surface area contributed by atoms with Gasteiger partial charge in [-0.3, -0.25) is 0 Å². The van der Waals surface area contributed by atoms with Gasteiger partial charge >= 0.3 is 0 Å². The van der Waals surface area contributed by atoms with Crippen molar-refractivity contribution in [1.82, 2.24) is 0 Å². The first kappa shape index (κ1) is 18.4. The molecular formula is C22H36F2. The van der Waals surface area contributed by atoms with Crippen LogP contribution < -0.4 is 0 Å². The standard InChI is InChI=1S/C22H36F2/c1-5-14(3)22(4)12-11-18-17-9-8-16(21(23)24)13-15(17)7-10-19(18)20(22)6-2/h5,15-21H,6-13H2,1-4H3/b14-5-. The van der Waals surface area contributed by atoms with E-state index in [9.17, 15) is 8.78 Å². The summed E-state index contributed by atoms with van der Waals surface area (Å²) in [6.45, 7) is 9.37. The van der Waals surface area contributed by atoms with Crippen molar-refractivity contribution in [2.45, 2.75) is 85.5 Å². The van der Waals surface area contributed by atoms with Gasteiger partial charge in [0.25, 0.3) is 0 Å². The van der Waals surface area contributed by atoms with Crippen LogP contribution in [0.1, 0.15) is 79.1 Å². The Bertz CT molecular complexity index is 469. The minimum absolute atomic E-state index is 0.316. The average molecular weight is 339 g/mol. The lowest BCUT2D eigenvalue weighted by molar-refractivity contribution is -0.0727. The maximum Gasteiger partial charge on any atom is 0.241 e. The molecule has 3 fully saturated rings. The first-order valence-corrected chi connectivity index (χ1v) is 10.3. The highest BCUT2D eigenvalue weighted by atomic mass is 19.3. The van der Waals surface area contributed by atoms with Gasteiger partial charge < -0.3 is 0 Å². The van der Waals surface area contributed by atoms with Crippen LogP contribution in [-0.2, 0) is 0 Å². The Morgan fingerprint density at radius 2 is 1.79 bits per heavy atom. The van der Waals surface area contributed by atoms with Crippen molar-refractivity contribution in [2.75, 3.05) is 0 Å². The second-order valence-corrected chi connectivity index (χ2v) is 9.18. The van der Waals surface area contributed by atoms with E-state index in [0.717, 1.165) is 42.9 Å². The highest BCUT2D eigenvalue weighted by molar-refractivity contribution is 5.16. The van der Waals surface area contributed by atoms with Crippen LogP contribution in [0.15, 0.2) is 11.6 Å². The lowest BCUT2D eigenvalue weighted by atomic mass is 9.48. The Morgan fingerprint density at radius 3 is 2.42 bits per heavy atom. The molecule has 0 bridgehead atoms. The molecule has 3 rings (SSSR count). The summed E-state index contributed by atoms with van der Waals surface area (Å²) in [6.07, 6.45) is 9.23. The topological polar surface area (TPSA) is 0 Å². The second-order valence-electron chi connectivity index (χ2n) is 9.18. The third-order valence-corrected chi connectivity index (χ3v) is 8.51. The zero-order chi connectivity index (χ0) is 17.5. The minimum atomic E-state index is -2.10. The molecule has 24 heavy (non-hydrogen) atoms. The van der Waals surface area contributed by atoms with Crippen LogP contribution >= 0.6 is 0 Å². The molecule has 0 spiro atoms. The number of halogens is 2. The van der Waals surface area contributed by atoms with Crippen LogP contribution in [0, 0.1) is 40.9 Å². The Hall–Kier alpha value is -0.400. The van der Waals surface area contributed by atoms with Crippen molar-refractivity contribution < 1.29 is 8.78 Å². The van der Waals surface area contributed by atoms with E-state index >= 15 is 0 Å². The van der Waals surface area contributed by atoms with Crippen molar-refractivity contribution in [3.05, 3.63) is 11.6 Å². The van der Waals surface area contributed by atoms with E-state index in [-0.39, 0.29) is 5.92 Å². The number of allylic oxidation sites excluding steroid dienone is 2. The molecular weight excluding hydrogens is 302 g/mol. The molecule has 3 aliphatic carbocycles. The Balaban J connectivity index is 1.78. The SMILES string of the molecule is C/C=C(/C)C1(C)CCC2C3CCC(C(F)F)CC3CCC2C1CC. The van der Waals surface area contributed by atoms with Gasteiger partial charge in [-0.2, -0.15) is 0 Å². The van der Waals surface area contributed by atoms with E-state index in [2.05, 4.69) is 33.8 Å². The molecule has 3 saturated carbocycles. The van der Waals surface area contributed by atoms with Crippen LogP contribution in [-0.4, -0.2) is 6.43 Å². The largest absolute Gasteiger partial charge is 0.241 e. The van der Waals surface area contributed by atoms with Crippen LogP contribution in [0.5, 0.6) is 0 Å². The summed E-state index contributed by atoms with van der Waals surface area (Å²) in [6, 6.07) is 0. The van der Waals surface area contributed by atoms with Crippen molar-refractivity contribution in [3.8, 4) is 0 Å². The third-order valence-electron chi connectivity index (χ3n) is 8.51. The van der Waals surface area contributed by atoms with Crippen LogP contribution in [0.2, 0.25) is 0 Å². The average Bonchev–Trinajstić information content (AvgIpc) is 2.59. The number of hydrogen-bond acceptors (Lipinski definition) is 0. The molecule has 7 unspecified atom stereocenters. The summed E-state index contributed by atoms with van der Waals surface area (Å²) in [7, 11) is 0. The van der Waals surface area contributed by atoms with Crippen molar-refractivity contribution in [1.29, 1.82) is 0 Å². The first-order chi connectivity index (χ1) is 11.4. The fourth-order valence-corrected chi connectivity index (χ4v) is 7.01. The van der Waals surface area contributed by atoms with Gasteiger partial charge in [0.05, 0.1) is 0 Å². The molecule has 0 heterocycles. The van der Waals surface area contributed by atoms with E-state index in [4.69, 9.17) is 0 Å². The van der Waals surface area contributed by atoms with Gasteiger partial charge in [0, 0.05) is 5.92 Å². The van der Waals surface area contributed by atoms with Gasteiger partial charge in [-0.05, 0) is 93.8 Å². The first-order valence-electron chi connectivity index (χ1n) is 10.3. The normalized spacial score (nSPS) is 46.5. The molecule has 0 aliphatic heterocycles. The monoisotopic (exact) mass is 338 g/mol. The van der Waals surface area contributed by atoms with Gasteiger partial charge in [-0.15, -0.1) is 0 Å². The maximum atomic E-state index is 13.2. The lowest BCUT2D eigenvalue weighted by Crippen LogP contribution is -2.49. The molecule has 3 aliphatic rings. The molecule has 0 aromatic carbocycles. The molecule has 2 heteroatoms. The number of rotatable bonds is 3. The summed E-state index contributed by atoms with van der Waals surface area (Å²) < 4.78 is 26.3. The molecule has 0 amide bonds. The highest BCUT2D eigenvalue weighted by Crippen LogP contribution is 2.60. The summed E-state index contributed by atoms with van der Waals surface area (Å²) in [4.78, 5) is 0. The van der Waals surface area contributed by atoms with Gasteiger partial charge in [-0.1, -0.05) is 31.9 Å². The second kappa shape index (κ2) is 7.08. The smallest absolute Gasteiger partial charge is 0.210 e. The van der Waals surface area contributed by atoms with Crippen molar-refractivity contribution >= 4 is 0 Å². The van der Waals surface area contributed by atoms with Crippen molar-refractivity contribution in [2.24, 2.45) is 40.9 Å². The fraction of sp³-hybridized carbons (Fsp3) is 0.909. The van der Waals surface area contributed by atoms with E-state index in [1.807, 2.05) is 0 Å². The maximum absolute atomic E-state index is 13.2. The van der Waals surface area contributed by atoms with Crippen LogP contribution in [0.4, 0.5) is 8.78 Å². The van der Waals surface area contributed by atoms with E-state index in [0.29, 0.717) is 11.3 Å². The quantitative estimate of drug-likeness (QED) is 0.481. The predicted molar refractivity (Wildman–Crippen MR) is 97.1 cm³/mol.